The second-order valence-electron chi connectivity index (χ2n) is 5.66. The summed E-state index contributed by atoms with van der Waals surface area (Å²) < 4.78 is 27.8. The van der Waals surface area contributed by atoms with E-state index in [9.17, 15) is 8.78 Å². The van der Waals surface area contributed by atoms with Crippen molar-refractivity contribution >= 4 is 0 Å². The van der Waals surface area contributed by atoms with Crippen LogP contribution in [-0.4, -0.2) is 6.54 Å². The Bertz CT molecular complexity index is 415. The first-order valence-corrected chi connectivity index (χ1v) is 7.07. The molecule has 0 saturated heterocycles. The fourth-order valence-corrected chi connectivity index (χ4v) is 2.16. The Kier molecular flexibility index (Phi) is 5.92. The summed E-state index contributed by atoms with van der Waals surface area (Å²) in [5, 5.41) is 3.35. The highest BCUT2D eigenvalue weighted by Gasteiger charge is 2.25. The first-order chi connectivity index (χ1) is 8.88. The van der Waals surface area contributed by atoms with Gasteiger partial charge in [0.25, 0.3) is 0 Å². The first-order valence-electron chi connectivity index (χ1n) is 7.07. The van der Waals surface area contributed by atoms with E-state index in [0.29, 0.717) is 17.0 Å². The van der Waals surface area contributed by atoms with E-state index in [-0.39, 0.29) is 23.6 Å². The van der Waals surface area contributed by atoms with Crippen molar-refractivity contribution in [3.63, 3.8) is 0 Å². The number of hydrogen-bond donors (Lipinski definition) is 1. The lowest BCUT2D eigenvalue weighted by atomic mass is 9.85. The molecule has 2 atom stereocenters. The molecule has 3 heteroatoms. The van der Waals surface area contributed by atoms with E-state index in [1.807, 2.05) is 0 Å². The highest BCUT2D eigenvalue weighted by molar-refractivity contribution is 5.28. The van der Waals surface area contributed by atoms with E-state index in [4.69, 9.17) is 0 Å². The Morgan fingerprint density at radius 2 is 1.74 bits per heavy atom. The SMILES string of the molecule is CCCNC(c1cc(F)c(C)cc1F)C(C)C(C)C. The molecule has 1 nitrogen and oxygen atoms in total. The first kappa shape index (κ1) is 16.1. The van der Waals surface area contributed by atoms with E-state index in [1.165, 1.54) is 12.1 Å². The maximum Gasteiger partial charge on any atom is 0.128 e. The predicted molar refractivity (Wildman–Crippen MR) is 76.1 cm³/mol. The Labute approximate surface area is 115 Å². The van der Waals surface area contributed by atoms with Crippen molar-refractivity contribution in [3.8, 4) is 0 Å². The van der Waals surface area contributed by atoms with E-state index >= 15 is 0 Å². The van der Waals surface area contributed by atoms with Gasteiger partial charge in [0.2, 0.25) is 0 Å². The molecule has 0 aliphatic rings. The molecule has 0 heterocycles. The molecule has 0 saturated carbocycles. The lowest BCUT2D eigenvalue weighted by molar-refractivity contribution is 0.296. The lowest BCUT2D eigenvalue weighted by Crippen LogP contribution is -2.31. The molecule has 19 heavy (non-hydrogen) atoms. The summed E-state index contributed by atoms with van der Waals surface area (Å²) >= 11 is 0. The summed E-state index contributed by atoms with van der Waals surface area (Å²) in [6.07, 6.45) is 0.970. The maximum atomic E-state index is 14.1. The van der Waals surface area contributed by atoms with Gasteiger partial charge in [-0.2, -0.15) is 0 Å². The van der Waals surface area contributed by atoms with Crippen molar-refractivity contribution in [2.75, 3.05) is 6.54 Å². The fourth-order valence-electron chi connectivity index (χ4n) is 2.16. The van der Waals surface area contributed by atoms with Crippen molar-refractivity contribution in [2.45, 2.75) is 47.1 Å². The summed E-state index contributed by atoms with van der Waals surface area (Å²) in [6, 6.07) is 2.49. The van der Waals surface area contributed by atoms with E-state index in [0.717, 1.165) is 13.0 Å². The summed E-state index contributed by atoms with van der Waals surface area (Å²) in [7, 11) is 0. The van der Waals surface area contributed by atoms with Crippen LogP contribution >= 0.6 is 0 Å². The van der Waals surface area contributed by atoms with Crippen LogP contribution in [0.5, 0.6) is 0 Å². The van der Waals surface area contributed by atoms with Crippen molar-refractivity contribution in [2.24, 2.45) is 11.8 Å². The fraction of sp³-hybridized carbons (Fsp3) is 0.625. The van der Waals surface area contributed by atoms with Crippen LogP contribution in [0.2, 0.25) is 0 Å². The monoisotopic (exact) mass is 269 g/mol. The van der Waals surface area contributed by atoms with Crippen LogP contribution in [0.4, 0.5) is 8.78 Å². The van der Waals surface area contributed by atoms with Crippen LogP contribution in [0, 0.1) is 30.4 Å². The second kappa shape index (κ2) is 6.99. The molecule has 0 aliphatic heterocycles. The molecule has 0 spiro atoms. The molecule has 2 unspecified atom stereocenters. The number of halogens is 2. The third kappa shape index (κ3) is 4.00. The molecule has 0 aliphatic carbocycles. The van der Waals surface area contributed by atoms with Gasteiger partial charge in [0.15, 0.2) is 0 Å². The van der Waals surface area contributed by atoms with Gasteiger partial charge >= 0.3 is 0 Å². The van der Waals surface area contributed by atoms with Gasteiger partial charge in [0.05, 0.1) is 0 Å². The Balaban J connectivity index is 3.13. The third-order valence-corrected chi connectivity index (χ3v) is 3.80. The van der Waals surface area contributed by atoms with Crippen molar-refractivity contribution < 1.29 is 8.78 Å². The average molecular weight is 269 g/mol. The molecule has 0 aromatic heterocycles. The zero-order valence-corrected chi connectivity index (χ0v) is 12.6. The topological polar surface area (TPSA) is 12.0 Å². The van der Waals surface area contributed by atoms with Crippen LogP contribution < -0.4 is 5.32 Å². The van der Waals surface area contributed by atoms with Crippen molar-refractivity contribution in [1.82, 2.24) is 5.32 Å². The minimum Gasteiger partial charge on any atom is -0.310 e. The van der Waals surface area contributed by atoms with Gasteiger partial charge in [-0.15, -0.1) is 0 Å². The van der Waals surface area contributed by atoms with E-state index in [1.54, 1.807) is 6.92 Å². The molecule has 0 amide bonds. The highest BCUT2D eigenvalue weighted by Crippen LogP contribution is 2.30. The van der Waals surface area contributed by atoms with Gasteiger partial charge < -0.3 is 5.32 Å². The number of hydrogen-bond acceptors (Lipinski definition) is 1. The maximum absolute atomic E-state index is 14.1. The molecule has 108 valence electrons. The largest absolute Gasteiger partial charge is 0.310 e. The lowest BCUT2D eigenvalue weighted by Gasteiger charge is -2.29. The smallest absolute Gasteiger partial charge is 0.128 e. The normalized spacial score (nSPS) is 14.7. The highest BCUT2D eigenvalue weighted by atomic mass is 19.1. The molecule has 1 aromatic carbocycles. The van der Waals surface area contributed by atoms with Gasteiger partial charge in [-0.25, -0.2) is 8.78 Å². The quantitative estimate of drug-likeness (QED) is 0.795. The Morgan fingerprint density at radius 3 is 2.26 bits per heavy atom. The van der Waals surface area contributed by atoms with Gasteiger partial charge in [0.1, 0.15) is 11.6 Å². The van der Waals surface area contributed by atoms with Crippen LogP contribution in [0.1, 0.15) is 51.3 Å². The number of aryl methyl sites for hydroxylation is 1. The van der Waals surface area contributed by atoms with Crippen LogP contribution in [0.3, 0.4) is 0 Å². The van der Waals surface area contributed by atoms with E-state index < -0.39 is 0 Å². The summed E-state index contributed by atoms with van der Waals surface area (Å²) in [5.74, 6) is -0.0167. The number of nitrogens with one attached hydrogen (secondary N) is 1. The van der Waals surface area contributed by atoms with Gasteiger partial charge in [0, 0.05) is 11.6 Å². The molecule has 0 fully saturated rings. The van der Waals surface area contributed by atoms with Crippen LogP contribution in [0.25, 0.3) is 0 Å². The third-order valence-electron chi connectivity index (χ3n) is 3.80. The molecular weight excluding hydrogens is 244 g/mol. The van der Waals surface area contributed by atoms with E-state index in [2.05, 4.69) is 33.0 Å². The average Bonchev–Trinajstić information content (AvgIpc) is 2.35. The Morgan fingerprint density at radius 1 is 1.11 bits per heavy atom. The number of rotatable bonds is 6. The molecule has 0 radical (unpaired) electrons. The molecular formula is C16H25F2N. The van der Waals surface area contributed by atoms with Gasteiger partial charge in [-0.3, -0.25) is 0 Å². The van der Waals surface area contributed by atoms with Crippen molar-refractivity contribution in [1.29, 1.82) is 0 Å². The predicted octanol–water partition coefficient (Wildman–Crippen LogP) is 4.61. The molecule has 0 bridgehead atoms. The van der Waals surface area contributed by atoms with Gasteiger partial charge in [-0.1, -0.05) is 27.7 Å². The standard InChI is InChI=1S/C16H25F2N/c1-6-7-19-16(12(5)10(2)3)13-9-14(17)11(4)8-15(13)18/h8-10,12,16,19H,6-7H2,1-5H3. The second-order valence-corrected chi connectivity index (χ2v) is 5.66. The van der Waals surface area contributed by atoms with Crippen LogP contribution in [-0.2, 0) is 0 Å². The minimum atomic E-state index is -0.337. The molecule has 1 N–H and O–H groups in total. The van der Waals surface area contributed by atoms with Gasteiger partial charge in [-0.05, 0) is 49.4 Å². The Hall–Kier alpha value is -0.960. The van der Waals surface area contributed by atoms with Crippen LogP contribution in [0.15, 0.2) is 12.1 Å². The summed E-state index contributed by atoms with van der Waals surface area (Å²) in [5.41, 5.74) is 0.797. The summed E-state index contributed by atoms with van der Waals surface area (Å²) in [4.78, 5) is 0. The minimum absolute atomic E-state index is 0.143. The zero-order valence-electron chi connectivity index (χ0n) is 12.6. The van der Waals surface area contributed by atoms with Crippen molar-refractivity contribution in [3.05, 3.63) is 34.9 Å². The summed E-state index contributed by atoms with van der Waals surface area (Å²) in [6.45, 7) is 10.7. The molecule has 1 rings (SSSR count). The molecule has 1 aromatic rings. The number of benzene rings is 1. The zero-order chi connectivity index (χ0) is 14.6.